The summed E-state index contributed by atoms with van der Waals surface area (Å²) in [5.74, 6) is 0.776. The minimum absolute atomic E-state index is 0.467. The van der Waals surface area contributed by atoms with Gasteiger partial charge >= 0.3 is 0 Å². The van der Waals surface area contributed by atoms with E-state index in [1.54, 1.807) is 0 Å². The van der Waals surface area contributed by atoms with Crippen LogP contribution < -0.4 is 0 Å². The van der Waals surface area contributed by atoms with Gasteiger partial charge in [-0.25, -0.2) is 0 Å². The molecule has 100 valence electrons. The Bertz CT molecular complexity index is 390. The highest BCUT2D eigenvalue weighted by atomic mass is 16.3. The molecule has 0 saturated heterocycles. The first kappa shape index (κ1) is 13.6. The fourth-order valence-electron chi connectivity index (χ4n) is 3.29. The lowest BCUT2D eigenvalue weighted by molar-refractivity contribution is 0.0244. The van der Waals surface area contributed by atoms with E-state index >= 15 is 0 Å². The SMILES string of the molecule is Cc1cc(C)cc(CC2(O)CCCC(C)CC2)c1. The van der Waals surface area contributed by atoms with Gasteiger partial charge in [0, 0.05) is 6.42 Å². The zero-order valence-electron chi connectivity index (χ0n) is 12.0. The maximum atomic E-state index is 10.8. The molecule has 2 rings (SSSR count). The summed E-state index contributed by atoms with van der Waals surface area (Å²) in [5.41, 5.74) is 3.43. The third kappa shape index (κ3) is 3.58. The lowest BCUT2D eigenvalue weighted by atomic mass is 9.86. The first-order valence-corrected chi connectivity index (χ1v) is 7.26. The van der Waals surface area contributed by atoms with Gasteiger partial charge in [-0.1, -0.05) is 49.1 Å². The van der Waals surface area contributed by atoms with Crippen molar-refractivity contribution in [1.82, 2.24) is 0 Å². The summed E-state index contributed by atoms with van der Waals surface area (Å²) in [6, 6.07) is 6.64. The van der Waals surface area contributed by atoms with Crippen LogP contribution in [0.1, 0.15) is 55.7 Å². The lowest BCUT2D eigenvalue weighted by Gasteiger charge is -2.27. The molecule has 0 radical (unpaired) electrons. The van der Waals surface area contributed by atoms with Crippen LogP contribution in [0.4, 0.5) is 0 Å². The molecule has 0 spiro atoms. The quantitative estimate of drug-likeness (QED) is 0.776. The van der Waals surface area contributed by atoms with Crippen LogP contribution in [-0.2, 0) is 6.42 Å². The molecule has 1 aromatic rings. The second kappa shape index (κ2) is 5.44. The van der Waals surface area contributed by atoms with E-state index in [-0.39, 0.29) is 0 Å². The summed E-state index contributed by atoms with van der Waals surface area (Å²) in [4.78, 5) is 0. The Morgan fingerprint density at radius 2 is 1.78 bits per heavy atom. The number of rotatable bonds is 2. The topological polar surface area (TPSA) is 20.2 Å². The van der Waals surface area contributed by atoms with Crippen molar-refractivity contribution in [2.45, 2.75) is 64.9 Å². The average molecular weight is 246 g/mol. The Hall–Kier alpha value is -0.820. The van der Waals surface area contributed by atoms with Crippen molar-refractivity contribution in [2.24, 2.45) is 5.92 Å². The van der Waals surface area contributed by atoms with Gasteiger partial charge in [-0.3, -0.25) is 0 Å². The Labute approximate surface area is 111 Å². The molecule has 1 nitrogen and oxygen atoms in total. The molecular weight excluding hydrogens is 220 g/mol. The molecule has 1 fully saturated rings. The second-order valence-corrected chi connectivity index (χ2v) is 6.43. The molecule has 1 aliphatic carbocycles. The van der Waals surface area contributed by atoms with E-state index in [9.17, 15) is 5.11 Å². The molecule has 2 unspecified atom stereocenters. The minimum Gasteiger partial charge on any atom is -0.390 e. The van der Waals surface area contributed by atoms with Gasteiger partial charge in [-0.15, -0.1) is 0 Å². The van der Waals surface area contributed by atoms with E-state index in [4.69, 9.17) is 0 Å². The van der Waals surface area contributed by atoms with E-state index in [0.717, 1.165) is 25.2 Å². The maximum Gasteiger partial charge on any atom is 0.0688 e. The largest absolute Gasteiger partial charge is 0.390 e. The van der Waals surface area contributed by atoms with Crippen LogP contribution in [-0.4, -0.2) is 10.7 Å². The fraction of sp³-hybridized carbons (Fsp3) is 0.647. The molecular formula is C17H26O. The van der Waals surface area contributed by atoms with Gasteiger partial charge in [-0.05, 0) is 44.6 Å². The Balaban J connectivity index is 2.11. The molecule has 1 N–H and O–H groups in total. The van der Waals surface area contributed by atoms with Crippen LogP contribution in [0, 0.1) is 19.8 Å². The maximum absolute atomic E-state index is 10.8. The molecule has 1 aromatic carbocycles. The van der Waals surface area contributed by atoms with Crippen molar-refractivity contribution in [3.63, 3.8) is 0 Å². The van der Waals surface area contributed by atoms with Crippen LogP contribution in [0.15, 0.2) is 18.2 Å². The molecule has 0 heterocycles. The summed E-state index contributed by atoms with van der Waals surface area (Å²) in [5, 5.41) is 10.8. The summed E-state index contributed by atoms with van der Waals surface area (Å²) in [7, 11) is 0. The van der Waals surface area contributed by atoms with Gasteiger partial charge in [0.25, 0.3) is 0 Å². The standard InChI is InChI=1S/C17H26O/c1-13-5-4-7-17(18,8-6-13)12-16-10-14(2)9-15(3)11-16/h9-11,13,18H,4-8,12H2,1-3H3. The highest BCUT2D eigenvalue weighted by Crippen LogP contribution is 2.33. The van der Waals surface area contributed by atoms with Crippen LogP contribution in [0.2, 0.25) is 0 Å². The van der Waals surface area contributed by atoms with Gasteiger partial charge < -0.3 is 5.11 Å². The van der Waals surface area contributed by atoms with Gasteiger partial charge in [0.1, 0.15) is 0 Å². The smallest absolute Gasteiger partial charge is 0.0688 e. The number of aryl methyl sites for hydroxylation is 2. The lowest BCUT2D eigenvalue weighted by Crippen LogP contribution is -2.30. The molecule has 1 heteroatoms. The third-order valence-electron chi connectivity index (χ3n) is 4.26. The van der Waals surface area contributed by atoms with E-state index in [1.165, 1.54) is 36.0 Å². The summed E-state index contributed by atoms with van der Waals surface area (Å²) in [6.45, 7) is 6.58. The van der Waals surface area contributed by atoms with Crippen LogP contribution in [0.25, 0.3) is 0 Å². The molecule has 1 aliphatic rings. The Morgan fingerprint density at radius 3 is 2.44 bits per heavy atom. The Kier molecular flexibility index (Phi) is 4.11. The van der Waals surface area contributed by atoms with Crippen molar-refractivity contribution < 1.29 is 5.11 Å². The van der Waals surface area contributed by atoms with Crippen molar-refractivity contribution in [1.29, 1.82) is 0 Å². The summed E-state index contributed by atoms with van der Waals surface area (Å²) >= 11 is 0. The zero-order chi connectivity index (χ0) is 13.2. The fourth-order valence-corrected chi connectivity index (χ4v) is 3.29. The normalized spacial score (nSPS) is 29.0. The Morgan fingerprint density at radius 1 is 1.11 bits per heavy atom. The molecule has 18 heavy (non-hydrogen) atoms. The first-order valence-electron chi connectivity index (χ1n) is 7.26. The van der Waals surface area contributed by atoms with Gasteiger partial charge in [-0.2, -0.15) is 0 Å². The van der Waals surface area contributed by atoms with Gasteiger partial charge in [0.05, 0.1) is 5.60 Å². The second-order valence-electron chi connectivity index (χ2n) is 6.43. The number of hydrogen-bond acceptors (Lipinski definition) is 1. The highest BCUT2D eigenvalue weighted by Gasteiger charge is 2.29. The van der Waals surface area contributed by atoms with Crippen LogP contribution >= 0.6 is 0 Å². The molecule has 2 atom stereocenters. The molecule has 1 saturated carbocycles. The minimum atomic E-state index is -0.467. The number of benzene rings is 1. The average Bonchev–Trinajstić information content (AvgIpc) is 2.39. The molecule has 0 amide bonds. The predicted octanol–water partition coefficient (Wildman–Crippen LogP) is 4.18. The van der Waals surface area contributed by atoms with Crippen molar-refractivity contribution in [3.05, 3.63) is 34.9 Å². The predicted molar refractivity (Wildman–Crippen MR) is 76.8 cm³/mol. The molecule has 0 aliphatic heterocycles. The third-order valence-corrected chi connectivity index (χ3v) is 4.26. The number of hydrogen-bond donors (Lipinski definition) is 1. The van der Waals surface area contributed by atoms with E-state index in [1.807, 2.05) is 0 Å². The van der Waals surface area contributed by atoms with Gasteiger partial charge in [0.2, 0.25) is 0 Å². The van der Waals surface area contributed by atoms with E-state index in [0.29, 0.717) is 0 Å². The first-order chi connectivity index (χ1) is 8.47. The van der Waals surface area contributed by atoms with Gasteiger partial charge in [0.15, 0.2) is 0 Å². The van der Waals surface area contributed by atoms with Crippen molar-refractivity contribution in [2.75, 3.05) is 0 Å². The molecule has 0 bridgehead atoms. The van der Waals surface area contributed by atoms with E-state index in [2.05, 4.69) is 39.0 Å². The zero-order valence-corrected chi connectivity index (χ0v) is 12.0. The highest BCUT2D eigenvalue weighted by molar-refractivity contribution is 5.29. The number of aliphatic hydroxyl groups is 1. The monoisotopic (exact) mass is 246 g/mol. The van der Waals surface area contributed by atoms with Crippen LogP contribution in [0.5, 0.6) is 0 Å². The van der Waals surface area contributed by atoms with Crippen molar-refractivity contribution >= 4 is 0 Å². The van der Waals surface area contributed by atoms with E-state index < -0.39 is 5.60 Å². The summed E-state index contributed by atoms with van der Waals surface area (Å²) < 4.78 is 0. The van der Waals surface area contributed by atoms with Crippen LogP contribution in [0.3, 0.4) is 0 Å². The van der Waals surface area contributed by atoms with Crippen molar-refractivity contribution in [3.8, 4) is 0 Å². The molecule has 0 aromatic heterocycles. The summed E-state index contributed by atoms with van der Waals surface area (Å²) in [6.07, 6.45) is 6.35.